The van der Waals surface area contributed by atoms with E-state index in [4.69, 9.17) is 9.47 Å². The minimum Gasteiger partial charge on any atom is -0.454 e. The Balaban J connectivity index is 0.00000320. The highest BCUT2D eigenvalue weighted by atomic mass is 127. The number of pyridine rings is 1. The number of aryl methyl sites for hydroxylation is 1. The van der Waals surface area contributed by atoms with Crippen molar-refractivity contribution in [3.8, 4) is 11.5 Å². The minimum absolute atomic E-state index is 0. The van der Waals surface area contributed by atoms with Gasteiger partial charge < -0.3 is 25.4 Å². The molecule has 0 fully saturated rings. The van der Waals surface area contributed by atoms with Crippen LogP contribution in [-0.4, -0.2) is 43.3 Å². The number of hydrogen-bond donors (Lipinski definition) is 3. The average molecular weight is 525 g/mol. The van der Waals surface area contributed by atoms with E-state index < -0.39 is 0 Å². The van der Waals surface area contributed by atoms with Crippen molar-refractivity contribution in [1.82, 2.24) is 15.6 Å². The quantitative estimate of drug-likeness (QED) is 0.279. The third kappa shape index (κ3) is 7.36. The fourth-order valence-corrected chi connectivity index (χ4v) is 2.85. The van der Waals surface area contributed by atoms with E-state index in [-0.39, 0.29) is 43.1 Å². The number of carbonyl (C=O) groups excluding carboxylic acids is 1. The largest absolute Gasteiger partial charge is 0.454 e. The molecular weight excluding hydrogens is 497 g/mol. The zero-order valence-electron chi connectivity index (χ0n) is 17.2. The molecule has 1 aliphatic heterocycles. The first-order valence-corrected chi connectivity index (χ1v) is 9.78. The van der Waals surface area contributed by atoms with E-state index in [0.29, 0.717) is 24.9 Å². The number of halogens is 1. The molecule has 1 aliphatic rings. The molecule has 0 radical (unpaired) electrons. The number of amides is 1. The van der Waals surface area contributed by atoms with Crippen LogP contribution in [0.4, 0.5) is 5.82 Å². The van der Waals surface area contributed by atoms with Crippen LogP contribution in [0.25, 0.3) is 0 Å². The van der Waals surface area contributed by atoms with Gasteiger partial charge >= 0.3 is 0 Å². The SMILES string of the molecule is CCNC(=NCCC(=O)Nc1cccc(C)n1)NCCc1ccc2c(c1)OCO2.I. The van der Waals surface area contributed by atoms with E-state index in [9.17, 15) is 4.79 Å². The Hall–Kier alpha value is -2.56. The molecule has 0 bridgehead atoms. The van der Waals surface area contributed by atoms with Crippen molar-refractivity contribution in [2.24, 2.45) is 4.99 Å². The molecule has 1 aromatic carbocycles. The molecule has 30 heavy (non-hydrogen) atoms. The van der Waals surface area contributed by atoms with Crippen molar-refractivity contribution in [3.05, 3.63) is 47.7 Å². The highest BCUT2D eigenvalue weighted by Gasteiger charge is 2.13. The van der Waals surface area contributed by atoms with Crippen molar-refractivity contribution in [1.29, 1.82) is 0 Å². The van der Waals surface area contributed by atoms with E-state index in [1.807, 2.05) is 44.2 Å². The number of guanidine groups is 1. The van der Waals surface area contributed by atoms with Gasteiger partial charge in [-0.25, -0.2) is 4.98 Å². The molecule has 3 rings (SSSR count). The molecule has 1 aromatic heterocycles. The Morgan fingerprint density at radius 3 is 2.80 bits per heavy atom. The van der Waals surface area contributed by atoms with Crippen LogP contribution in [0.3, 0.4) is 0 Å². The molecule has 2 heterocycles. The highest BCUT2D eigenvalue weighted by molar-refractivity contribution is 14.0. The van der Waals surface area contributed by atoms with E-state index in [2.05, 4.69) is 25.9 Å². The van der Waals surface area contributed by atoms with Gasteiger partial charge in [0.15, 0.2) is 17.5 Å². The summed E-state index contributed by atoms with van der Waals surface area (Å²) in [4.78, 5) is 20.8. The third-order valence-corrected chi connectivity index (χ3v) is 4.25. The zero-order chi connectivity index (χ0) is 20.5. The number of anilines is 1. The summed E-state index contributed by atoms with van der Waals surface area (Å²) in [5.74, 6) is 2.72. The summed E-state index contributed by atoms with van der Waals surface area (Å²) in [5.41, 5.74) is 2.02. The first-order valence-electron chi connectivity index (χ1n) is 9.78. The maximum absolute atomic E-state index is 12.1. The van der Waals surface area contributed by atoms with Crippen molar-refractivity contribution in [2.75, 3.05) is 31.7 Å². The maximum atomic E-state index is 12.1. The predicted octanol–water partition coefficient (Wildman–Crippen LogP) is 2.86. The lowest BCUT2D eigenvalue weighted by Gasteiger charge is -2.11. The van der Waals surface area contributed by atoms with Crippen LogP contribution in [0.2, 0.25) is 0 Å². The van der Waals surface area contributed by atoms with E-state index in [1.54, 1.807) is 6.07 Å². The van der Waals surface area contributed by atoms with Gasteiger partial charge in [0.2, 0.25) is 12.7 Å². The van der Waals surface area contributed by atoms with Gasteiger partial charge in [-0.2, -0.15) is 0 Å². The topological polar surface area (TPSA) is 96.9 Å². The van der Waals surface area contributed by atoms with Crippen LogP contribution in [0, 0.1) is 6.92 Å². The zero-order valence-corrected chi connectivity index (χ0v) is 19.6. The highest BCUT2D eigenvalue weighted by Crippen LogP contribution is 2.32. The number of benzene rings is 1. The number of aromatic nitrogens is 1. The molecular formula is C21H28IN5O3. The Morgan fingerprint density at radius 2 is 2.00 bits per heavy atom. The lowest BCUT2D eigenvalue weighted by molar-refractivity contribution is -0.116. The summed E-state index contributed by atoms with van der Waals surface area (Å²) in [6.45, 7) is 6.02. The number of carbonyl (C=O) groups is 1. The number of rotatable bonds is 8. The predicted molar refractivity (Wildman–Crippen MR) is 128 cm³/mol. The molecule has 2 aromatic rings. The second kappa shape index (κ2) is 12.2. The van der Waals surface area contributed by atoms with Gasteiger partial charge in [0.25, 0.3) is 0 Å². The molecule has 0 saturated heterocycles. The first kappa shape index (κ1) is 23.7. The number of ether oxygens (including phenoxy) is 2. The van der Waals surface area contributed by atoms with Crippen molar-refractivity contribution in [2.45, 2.75) is 26.7 Å². The van der Waals surface area contributed by atoms with Gasteiger partial charge in [-0.3, -0.25) is 9.79 Å². The fourth-order valence-electron chi connectivity index (χ4n) is 2.85. The summed E-state index contributed by atoms with van der Waals surface area (Å²) < 4.78 is 10.7. The molecule has 3 N–H and O–H groups in total. The van der Waals surface area contributed by atoms with Crippen molar-refractivity contribution in [3.63, 3.8) is 0 Å². The number of nitrogens with one attached hydrogen (secondary N) is 3. The van der Waals surface area contributed by atoms with Gasteiger partial charge in [0.05, 0.1) is 6.54 Å². The number of hydrogen-bond acceptors (Lipinski definition) is 5. The summed E-state index contributed by atoms with van der Waals surface area (Å²) >= 11 is 0. The molecule has 0 unspecified atom stereocenters. The molecule has 0 saturated carbocycles. The summed E-state index contributed by atoms with van der Waals surface area (Å²) in [6, 6.07) is 11.5. The van der Waals surface area contributed by atoms with Crippen LogP contribution in [-0.2, 0) is 11.2 Å². The van der Waals surface area contributed by atoms with E-state index in [0.717, 1.165) is 35.7 Å². The minimum atomic E-state index is -0.108. The normalized spacial score (nSPS) is 12.1. The Kier molecular flexibility index (Phi) is 9.65. The van der Waals surface area contributed by atoms with Crippen molar-refractivity contribution >= 4 is 41.7 Å². The smallest absolute Gasteiger partial charge is 0.231 e. The van der Waals surface area contributed by atoms with Crippen LogP contribution in [0.1, 0.15) is 24.6 Å². The summed E-state index contributed by atoms with van der Waals surface area (Å²) in [6.07, 6.45) is 1.11. The lowest BCUT2D eigenvalue weighted by Crippen LogP contribution is -2.38. The Labute approximate surface area is 193 Å². The molecule has 8 nitrogen and oxygen atoms in total. The van der Waals surface area contributed by atoms with E-state index in [1.165, 1.54) is 0 Å². The second-order valence-electron chi connectivity index (χ2n) is 6.59. The van der Waals surface area contributed by atoms with Gasteiger partial charge in [0, 0.05) is 25.2 Å². The van der Waals surface area contributed by atoms with Gasteiger partial charge in [0.1, 0.15) is 5.82 Å². The van der Waals surface area contributed by atoms with Crippen LogP contribution >= 0.6 is 24.0 Å². The van der Waals surface area contributed by atoms with Gasteiger partial charge in [-0.15, -0.1) is 24.0 Å². The van der Waals surface area contributed by atoms with Gasteiger partial charge in [-0.05, 0) is 50.1 Å². The Morgan fingerprint density at radius 1 is 1.17 bits per heavy atom. The van der Waals surface area contributed by atoms with E-state index >= 15 is 0 Å². The Bertz CT molecular complexity index is 875. The molecule has 0 aliphatic carbocycles. The average Bonchev–Trinajstić information content (AvgIpc) is 3.16. The van der Waals surface area contributed by atoms with Gasteiger partial charge in [-0.1, -0.05) is 12.1 Å². The van der Waals surface area contributed by atoms with Crippen LogP contribution in [0.5, 0.6) is 11.5 Å². The molecule has 1 amide bonds. The number of aliphatic imine (C=N–C) groups is 1. The van der Waals surface area contributed by atoms with Crippen LogP contribution < -0.4 is 25.4 Å². The van der Waals surface area contributed by atoms with Crippen molar-refractivity contribution < 1.29 is 14.3 Å². The number of nitrogens with zero attached hydrogens (tertiary/aromatic N) is 2. The fraction of sp³-hybridized carbons (Fsp3) is 0.381. The summed E-state index contributed by atoms with van der Waals surface area (Å²) in [5, 5.41) is 9.27. The second-order valence-corrected chi connectivity index (χ2v) is 6.59. The first-order chi connectivity index (χ1) is 14.1. The molecule has 0 spiro atoms. The summed E-state index contributed by atoms with van der Waals surface area (Å²) in [7, 11) is 0. The lowest BCUT2D eigenvalue weighted by atomic mass is 10.1. The standard InChI is InChI=1S/C21H27N5O3.HI/c1-3-22-21(23-11-9-16-7-8-17-18(13-16)29-14-28-17)24-12-10-20(27)26-19-6-4-5-15(2)25-19;/h4-8,13H,3,9-12,14H2,1-2H3,(H2,22,23,24)(H,25,26,27);1H. The van der Waals surface area contributed by atoms with Crippen LogP contribution in [0.15, 0.2) is 41.4 Å². The molecule has 9 heteroatoms. The molecule has 162 valence electrons. The maximum Gasteiger partial charge on any atom is 0.231 e. The third-order valence-electron chi connectivity index (χ3n) is 4.25. The number of fused-ring (bicyclic) bond motifs is 1. The monoisotopic (exact) mass is 525 g/mol. The molecule has 0 atom stereocenters.